The van der Waals surface area contributed by atoms with E-state index in [1.54, 1.807) is 12.1 Å². The normalized spacial score (nSPS) is 21.9. The average molecular weight is 301 g/mol. The molecule has 2 N–H and O–H groups in total. The predicted octanol–water partition coefficient (Wildman–Crippen LogP) is 2.46. The van der Waals surface area contributed by atoms with Crippen molar-refractivity contribution in [2.75, 3.05) is 26.2 Å². The molecular formula is C15H22ClFN2O. The van der Waals surface area contributed by atoms with Crippen LogP contribution in [0.25, 0.3) is 0 Å². The zero-order valence-corrected chi connectivity index (χ0v) is 12.6. The Morgan fingerprint density at radius 1 is 1.55 bits per heavy atom. The van der Waals surface area contributed by atoms with E-state index in [0.717, 1.165) is 26.1 Å². The summed E-state index contributed by atoms with van der Waals surface area (Å²) in [6.45, 7) is 5.69. The van der Waals surface area contributed by atoms with Crippen molar-refractivity contribution >= 4 is 11.6 Å². The van der Waals surface area contributed by atoms with Crippen molar-refractivity contribution in [1.82, 2.24) is 4.90 Å². The van der Waals surface area contributed by atoms with E-state index in [1.165, 1.54) is 6.07 Å². The molecule has 2 atom stereocenters. The summed E-state index contributed by atoms with van der Waals surface area (Å²) >= 11 is 5.75. The molecule has 1 saturated heterocycles. The second-order valence-electron chi connectivity index (χ2n) is 5.31. The predicted molar refractivity (Wildman–Crippen MR) is 79.6 cm³/mol. The lowest BCUT2D eigenvalue weighted by atomic mass is 10.0. The van der Waals surface area contributed by atoms with Crippen molar-refractivity contribution in [3.05, 3.63) is 34.6 Å². The van der Waals surface area contributed by atoms with Crippen LogP contribution in [0.15, 0.2) is 18.2 Å². The molecule has 0 bridgehead atoms. The van der Waals surface area contributed by atoms with E-state index in [2.05, 4.69) is 11.8 Å². The number of nitrogens with zero attached hydrogens (tertiary/aromatic N) is 1. The third-order valence-corrected chi connectivity index (χ3v) is 3.90. The summed E-state index contributed by atoms with van der Waals surface area (Å²) in [6.07, 6.45) is 1.55. The Hall–Kier alpha value is -0.680. The first kappa shape index (κ1) is 15.7. The number of ether oxygens (including phenoxy) is 1. The van der Waals surface area contributed by atoms with Crippen molar-refractivity contribution in [2.45, 2.75) is 31.9 Å². The fourth-order valence-electron chi connectivity index (χ4n) is 2.58. The van der Waals surface area contributed by atoms with E-state index < -0.39 is 0 Å². The second kappa shape index (κ2) is 7.36. The lowest BCUT2D eigenvalue weighted by Gasteiger charge is -2.35. The first-order valence-corrected chi connectivity index (χ1v) is 7.51. The van der Waals surface area contributed by atoms with Crippen LogP contribution in [0.1, 0.15) is 18.9 Å². The molecule has 0 aliphatic carbocycles. The Balaban J connectivity index is 1.95. The Bertz CT molecular complexity index is 442. The molecule has 1 aliphatic heterocycles. The molecule has 0 spiro atoms. The summed E-state index contributed by atoms with van der Waals surface area (Å²) in [6, 6.07) is 4.52. The first-order valence-electron chi connectivity index (χ1n) is 7.13. The smallest absolute Gasteiger partial charge is 0.127 e. The van der Waals surface area contributed by atoms with Gasteiger partial charge in [-0.2, -0.15) is 0 Å². The standard InChI is InChI=1S/C15H22ClFN2O/c1-2-5-19-6-7-20-15(10-19)14(18)8-11-3-4-12(16)9-13(11)17/h3-4,9,14-15H,2,5-8,10,18H2,1H3. The fraction of sp³-hybridized carbons (Fsp3) is 0.600. The molecule has 2 rings (SSSR count). The molecule has 1 fully saturated rings. The monoisotopic (exact) mass is 300 g/mol. The van der Waals surface area contributed by atoms with Crippen LogP contribution in [0.4, 0.5) is 4.39 Å². The van der Waals surface area contributed by atoms with Crippen LogP contribution in [0.5, 0.6) is 0 Å². The summed E-state index contributed by atoms with van der Waals surface area (Å²) in [7, 11) is 0. The maximum Gasteiger partial charge on any atom is 0.127 e. The molecule has 1 aromatic rings. The molecule has 0 amide bonds. The molecule has 2 unspecified atom stereocenters. The molecule has 1 heterocycles. The van der Waals surface area contributed by atoms with E-state index in [1.807, 2.05) is 0 Å². The van der Waals surface area contributed by atoms with Gasteiger partial charge in [0.2, 0.25) is 0 Å². The van der Waals surface area contributed by atoms with Crippen molar-refractivity contribution in [2.24, 2.45) is 5.73 Å². The Morgan fingerprint density at radius 2 is 2.35 bits per heavy atom. The van der Waals surface area contributed by atoms with Gasteiger partial charge in [-0.3, -0.25) is 4.90 Å². The topological polar surface area (TPSA) is 38.5 Å². The van der Waals surface area contributed by atoms with E-state index >= 15 is 0 Å². The van der Waals surface area contributed by atoms with Crippen molar-refractivity contribution in [1.29, 1.82) is 0 Å². The molecule has 1 aliphatic rings. The largest absolute Gasteiger partial charge is 0.374 e. The van der Waals surface area contributed by atoms with Crippen LogP contribution >= 0.6 is 11.6 Å². The number of hydrogen-bond acceptors (Lipinski definition) is 3. The third kappa shape index (κ3) is 4.16. The number of halogens is 2. The first-order chi connectivity index (χ1) is 9.60. The van der Waals surface area contributed by atoms with Gasteiger partial charge in [0.25, 0.3) is 0 Å². The van der Waals surface area contributed by atoms with Gasteiger partial charge < -0.3 is 10.5 Å². The highest BCUT2D eigenvalue weighted by Crippen LogP contribution is 2.18. The zero-order valence-electron chi connectivity index (χ0n) is 11.8. The van der Waals surface area contributed by atoms with Crippen LogP contribution in [-0.2, 0) is 11.2 Å². The summed E-state index contributed by atoms with van der Waals surface area (Å²) in [5.41, 5.74) is 6.79. The minimum atomic E-state index is -0.297. The van der Waals surface area contributed by atoms with Crippen LogP contribution < -0.4 is 5.73 Å². The van der Waals surface area contributed by atoms with Gasteiger partial charge in [0, 0.05) is 24.2 Å². The number of morpholine rings is 1. The molecule has 20 heavy (non-hydrogen) atoms. The SMILES string of the molecule is CCCN1CCOC(C(N)Cc2ccc(Cl)cc2F)C1. The van der Waals surface area contributed by atoms with Crippen LogP contribution in [0, 0.1) is 5.82 Å². The maximum absolute atomic E-state index is 13.8. The van der Waals surface area contributed by atoms with Gasteiger partial charge in [0.1, 0.15) is 5.82 Å². The van der Waals surface area contributed by atoms with Gasteiger partial charge >= 0.3 is 0 Å². The van der Waals surface area contributed by atoms with Crippen molar-refractivity contribution < 1.29 is 9.13 Å². The second-order valence-corrected chi connectivity index (χ2v) is 5.75. The quantitative estimate of drug-likeness (QED) is 0.908. The molecule has 112 valence electrons. The third-order valence-electron chi connectivity index (χ3n) is 3.67. The van der Waals surface area contributed by atoms with E-state index in [4.69, 9.17) is 22.1 Å². The maximum atomic E-state index is 13.8. The lowest BCUT2D eigenvalue weighted by Crippen LogP contribution is -2.51. The van der Waals surface area contributed by atoms with Crippen LogP contribution in [0.2, 0.25) is 5.02 Å². The lowest BCUT2D eigenvalue weighted by molar-refractivity contribution is -0.0401. The molecular weight excluding hydrogens is 279 g/mol. The van der Waals surface area contributed by atoms with Gasteiger partial charge in [0.05, 0.1) is 12.7 Å². The van der Waals surface area contributed by atoms with Gasteiger partial charge in [-0.1, -0.05) is 24.6 Å². The average Bonchev–Trinajstić information content (AvgIpc) is 2.42. The Labute approximate surface area is 124 Å². The minimum absolute atomic E-state index is 0.0367. The number of hydrogen-bond donors (Lipinski definition) is 1. The van der Waals surface area contributed by atoms with E-state index in [-0.39, 0.29) is 18.0 Å². The van der Waals surface area contributed by atoms with Crippen LogP contribution in [0.3, 0.4) is 0 Å². The summed E-state index contributed by atoms with van der Waals surface area (Å²) in [4.78, 5) is 2.35. The van der Waals surface area contributed by atoms with Crippen molar-refractivity contribution in [3.8, 4) is 0 Å². The van der Waals surface area contributed by atoms with Gasteiger partial charge in [-0.15, -0.1) is 0 Å². The van der Waals surface area contributed by atoms with Gasteiger partial charge in [-0.05, 0) is 37.1 Å². The summed E-state index contributed by atoms with van der Waals surface area (Å²) < 4.78 is 19.5. The number of rotatable bonds is 5. The Kier molecular flexibility index (Phi) is 5.78. The molecule has 0 saturated carbocycles. The summed E-state index contributed by atoms with van der Waals surface area (Å²) in [5, 5.41) is 0.405. The van der Waals surface area contributed by atoms with E-state index in [0.29, 0.717) is 23.6 Å². The fourth-order valence-corrected chi connectivity index (χ4v) is 2.74. The highest BCUT2D eigenvalue weighted by molar-refractivity contribution is 6.30. The highest BCUT2D eigenvalue weighted by Gasteiger charge is 2.26. The summed E-state index contributed by atoms with van der Waals surface area (Å²) in [5.74, 6) is -0.297. The molecule has 5 heteroatoms. The Morgan fingerprint density at radius 3 is 3.05 bits per heavy atom. The zero-order chi connectivity index (χ0) is 14.5. The van der Waals surface area contributed by atoms with Crippen molar-refractivity contribution in [3.63, 3.8) is 0 Å². The minimum Gasteiger partial charge on any atom is -0.374 e. The molecule has 1 aromatic carbocycles. The van der Waals surface area contributed by atoms with Crippen LogP contribution in [-0.4, -0.2) is 43.3 Å². The van der Waals surface area contributed by atoms with Gasteiger partial charge in [-0.25, -0.2) is 4.39 Å². The molecule has 0 aromatic heterocycles. The number of nitrogens with two attached hydrogens (primary N) is 1. The molecule has 0 radical (unpaired) electrons. The number of benzene rings is 1. The highest BCUT2D eigenvalue weighted by atomic mass is 35.5. The van der Waals surface area contributed by atoms with E-state index in [9.17, 15) is 4.39 Å². The molecule has 3 nitrogen and oxygen atoms in total. The van der Waals surface area contributed by atoms with Gasteiger partial charge in [0.15, 0.2) is 0 Å².